The van der Waals surface area contributed by atoms with E-state index in [4.69, 9.17) is 5.73 Å². The zero-order valence-electron chi connectivity index (χ0n) is 12.6. The van der Waals surface area contributed by atoms with Crippen molar-refractivity contribution in [1.82, 2.24) is 5.32 Å². The van der Waals surface area contributed by atoms with Crippen molar-refractivity contribution in [2.75, 3.05) is 6.61 Å². The number of nitrogens with one attached hydrogen (secondary N) is 1. The second-order valence-electron chi connectivity index (χ2n) is 5.33. The number of rotatable bonds is 6. The van der Waals surface area contributed by atoms with E-state index in [1.54, 1.807) is 11.4 Å². The lowest BCUT2D eigenvalue weighted by Crippen LogP contribution is -2.37. The Kier molecular flexibility index (Phi) is 5.46. The quantitative estimate of drug-likeness (QED) is 0.596. The minimum absolute atomic E-state index is 0.00899. The molecule has 0 spiro atoms. The molecule has 0 saturated heterocycles. The lowest BCUT2D eigenvalue weighted by Gasteiger charge is -2.05. The van der Waals surface area contributed by atoms with Gasteiger partial charge in [-0.2, -0.15) is 0 Å². The highest BCUT2D eigenvalue weighted by Crippen LogP contribution is 2.23. The average molecular weight is 318 g/mol. The van der Waals surface area contributed by atoms with Gasteiger partial charge < -0.3 is 10.5 Å². The van der Waals surface area contributed by atoms with Crippen LogP contribution in [0.2, 0.25) is 0 Å². The Labute approximate surface area is 133 Å². The van der Waals surface area contributed by atoms with Crippen LogP contribution >= 0.6 is 0 Å². The number of ether oxygens (including phenoxy) is 1. The van der Waals surface area contributed by atoms with Crippen molar-refractivity contribution in [1.29, 1.82) is 0 Å². The first-order valence-electron chi connectivity index (χ1n) is 7.35. The van der Waals surface area contributed by atoms with Crippen LogP contribution in [0.15, 0.2) is 18.2 Å². The Balaban J connectivity index is 1.77. The molecule has 0 heterocycles. The SMILES string of the molecule is NC(=O)NC(=O)COC(=O)CCC(=O)c1ccc2c(c1)CCC2. The van der Waals surface area contributed by atoms with Gasteiger partial charge in [-0.05, 0) is 36.5 Å². The van der Waals surface area contributed by atoms with Gasteiger partial charge in [0.2, 0.25) is 0 Å². The zero-order valence-corrected chi connectivity index (χ0v) is 12.6. The van der Waals surface area contributed by atoms with E-state index in [1.807, 2.05) is 12.1 Å². The van der Waals surface area contributed by atoms with Gasteiger partial charge in [0.15, 0.2) is 12.4 Å². The second-order valence-corrected chi connectivity index (χ2v) is 5.33. The molecule has 0 fully saturated rings. The summed E-state index contributed by atoms with van der Waals surface area (Å²) in [4.78, 5) is 45.1. The number of urea groups is 1. The Morgan fingerprint density at radius 3 is 2.57 bits per heavy atom. The third-order valence-electron chi connectivity index (χ3n) is 3.60. The Bertz CT molecular complexity index is 654. The molecule has 122 valence electrons. The van der Waals surface area contributed by atoms with Crippen LogP contribution in [0.4, 0.5) is 4.79 Å². The van der Waals surface area contributed by atoms with Gasteiger partial charge in [-0.25, -0.2) is 4.79 Å². The van der Waals surface area contributed by atoms with Gasteiger partial charge >= 0.3 is 12.0 Å². The number of amides is 3. The van der Waals surface area contributed by atoms with E-state index in [1.165, 1.54) is 11.1 Å². The van der Waals surface area contributed by atoms with Gasteiger partial charge in [0.05, 0.1) is 6.42 Å². The molecule has 0 bridgehead atoms. The van der Waals surface area contributed by atoms with E-state index < -0.39 is 24.5 Å². The number of ketones is 1. The Morgan fingerprint density at radius 1 is 1.09 bits per heavy atom. The third kappa shape index (κ3) is 4.91. The van der Waals surface area contributed by atoms with E-state index in [0.717, 1.165) is 19.3 Å². The first kappa shape index (κ1) is 16.7. The summed E-state index contributed by atoms with van der Waals surface area (Å²) in [7, 11) is 0. The van der Waals surface area contributed by atoms with Crippen LogP contribution in [0.25, 0.3) is 0 Å². The smallest absolute Gasteiger partial charge is 0.318 e. The Hall–Kier alpha value is -2.70. The molecule has 1 aromatic rings. The molecule has 0 atom stereocenters. The number of carbonyl (C=O) groups is 4. The molecule has 0 radical (unpaired) electrons. The fourth-order valence-electron chi connectivity index (χ4n) is 2.50. The van der Waals surface area contributed by atoms with Gasteiger partial charge in [-0.3, -0.25) is 19.7 Å². The summed E-state index contributed by atoms with van der Waals surface area (Å²) < 4.78 is 4.65. The molecule has 0 unspecified atom stereocenters. The summed E-state index contributed by atoms with van der Waals surface area (Å²) in [6.45, 7) is -0.602. The predicted molar refractivity (Wildman–Crippen MR) is 80.7 cm³/mol. The molecular formula is C16H18N2O5. The van der Waals surface area contributed by atoms with Crippen molar-refractivity contribution >= 4 is 23.7 Å². The van der Waals surface area contributed by atoms with Crippen molar-refractivity contribution < 1.29 is 23.9 Å². The van der Waals surface area contributed by atoms with Crippen molar-refractivity contribution in [3.63, 3.8) is 0 Å². The normalized spacial score (nSPS) is 12.3. The number of benzene rings is 1. The van der Waals surface area contributed by atoms with Crippen LogP contribution < -0.4 is 11.1 Å². The van der Waals surface area contributed by atoms with Crippen molar-refractivity contribution in [2.24, 2.45) is 5.73 Å². The van der Waals surface area contributed by atoms with Crippen LogP contribution in [-0.4, -0.2) is 30.3 Å². The minimum atomic E-state index is -1.02. The monoisotopic (exact) mass is 318 g/mol. The first-order valence-corrected chi connectivity index (χ1v) is 7.35. The molecule has 23 heavy (non-hydrogen) atoms. The first-order chi connectivity index (χ1) is 11.0. The maximum Gasteiger partial charge on any atom is 0.318 e. The van der Waals surface area contributed by atoms with Crippen LogP contribution in [0.5, 0.6) is 0 Å². The molecule has 3 amide bonds. The fraction of sp³-hybridized carbons (Fsp3) is 0.375. The molecule has 1 aliphatic rings. The van der Waals surface area contributed by atoms with Crippen LogP contribution in [0.1, 0.15) is 40.7 Å². The zero-order chi connectivity index (χ0) is 16.8. The number of hydrogen-bond donors (Lipinski definition) is 2. The number of esters is 1. The predicted octanol–water partition coefficient (Wildman–Crippen LogP) is 0.876. The number of Topliss-reactive ketones (excluding diaryl/α,β-unsaturated/α-hetero) is 1. The highest BCUT2D eigenvalue weighted by atomic mass is 16.5. The van der Waals surface area contributed by atoms with Gasteiger partial charge in [0, 0.05) is 12.0 Å². The molecule has 2 rings (SSSR count). The third-order valence-corrected chi connectivity index (χ3v) is 3.60. The molecule has 7 heteroatoms. The van der Waals surface area contributed by atoms with Crippen molar-refractivity contribution in [2.45, 2.75) is 32.1 Å². The minimum Gasteiger partial charge on any atom is -0.456 e. The number of primary amides is 1. The van der Waals surface area contributed by atoms with Gasteiger partial charge in [-0.1, -0.05) is 12.1 Å². The second kappa shape index (κ2) is 7.53. The number of nitrogens with two attached hydrogens (primary N) is 1. The highest BCUT2D eigenvalue weighted by Gasteiger charge is 2.16. The van der Waals surface area contributed by atoms with E-state index >= 15 is 0 Å². The summed E-state index contributed by atoms with van der Waals surface area (Å²) >= 11 is 0. The van der Waals surface area contributed by atoms with Gasteiger partial charge in [0.25, 0.3) is 5.91 Å². The Morgan fingerprint density at radius 2 is 1.83 bits per heavy atom. The molecule has 1 aromatic carbocycles. The van der Waals surface area contributed by atoms with Crippen molar-refractivity contribution in [3.05, 3.63) is 34.9 Å². The molecule has 7 nitrogen and oxygen atoms in total. The molecule has 0 aromatic heterocycles. The van der Waals surface area contributed by atoms with Crippen LogP contribution in [0, 0.1) is 0 Å². The van der Waals surface area contributed by atoms with E-state index in [2.05, 4.69) is 4.74 Å². The summed E-state index contributed by atoms with van der Waals surface area (Å²) in [5.41, 5.74) is 7.81. The van der Waals surface area contributed by atoms with Gasteiger partial charge in [-0.15, -0.1) is 0 Å². The molecule has 1 aliphatic carbocycles. The number of aryl methyl sites for hydroxylation is 2. The summed E-state index contributed by atoms with van der Waals surface area (Å²) in [6.07, 6.45) is 3.01. The average Bonchev–Trinajstić information content (AvgIpc) is 2.97. The van der Waals surface area contributed by atoms with Crippen molar-refractivity contribution in [3.8, 4) is 0 Å². The topological polar surface area (TPSA) is 116 Å². The van der Waals surface area contributed by atoms with Crippen LogP contribution in [0.3, 0.4) is 0 Å². The maximum absolute atomic E-state index is 12.1. The molecule has 0 aliphatic heterocycles. The number of carbonyl (C=O) groups excluding carboxylic acids is 4. The molecule has 0 saturated carbocycles. The lowest BCUT2D eigenvalue weighted by atomic mass is 10.0. The number of fused-ring (bicyclic) bond motifs is 1. The summed E-state index contributed by atoms with van der Waals surface area (Å²) in [5, 5.41) is 1.77. The standard InChI is InChI=1S/C16H18N2O5/c17-16(22)18-14(20)9-23-15(21)7-6-13(19)12-5-4-10-2-1-3-11(10)8-12/h4-5,8H,1-3,6-7,9H2,(H3,17,18,20,22). The number of hydrogen-bond acceptors (Lipinski definition) is 5. The largest absolute Gasteiger partial charge is 0.456 e. The molecule has 3 N–H and O–H groups in total. The van der Waals surface area contributed by atoms with E-state index in [9.17, 15) is 19.2 Å². The number of imide groups is 1. The lowest BCUT2D eigenvalue weighted by molar-refractivity contribution is -0.148. The maximum atomic E-state index is 12.1. The van der Waals surface area contributed by atoms with E-state index in [-0.39, 0.29) is 18.6 Å². The van der Waals surface area contributed by atoms with E-state index in [0.29, 0.717) is 5.56 Å². The summed E-state index contributed by atoms with van der Waals surface area (Å²) in [5.74, 6) is -1.63. The van der Waals surface area contributed by atoms with Crippen LogP contribution in [-0.2, 0) is 27.2 Å². The molecular weight excluding hydrogens is 300 g/mol. The summed E-state index contributed by atoms with van der Waals surface area (Å²) in [6, 6.07) is 4.61. The highest BCUT2D eigenvalue weighted by molar-refractivity contribution is 5.98. The van der Waals surface area contributed by atoms with Gasteiger partial charge in [0.1, 0.15) is 0 Å². The fourth-order valence-corrected chi connectivity index (χ4v) is 2.50.